The molecule has 0 radical (unpaired) electrons. The van der Waals surface area contributed by atoms with E-state index in [0.717, 1.165) is 27.2 Å². The Bertz CT molecular complexity index is 1130. The van der Waals surface area contributed by atoms with Crippen molar-refractivity contribution in [2.75, 3.05) is 24.5 Å². The van der Waals surface area contributed by atoms with E-state index >= 15 is 0 Å². The normalized spacial score (nSPS) is 15.2. The molecule has 3 aromatic heterocycles. The number of benzene rings is 1. The number of carbonyl (C=O) groups is 2. The summed E-state index contributed by atoms with van der Waals surface area (Å²) in [5, 5.41) is 9.87. The van der Waals surface area contributed by atoms with E-state index in [1.807, 2.05) is 40.4 Å². The number of H-pyrrole nitrogens is 1. The van der Waals surface area contributed by atoms with Crippen LogP contribution in [0.2, 0.25) is 0 Å². The second-order valence-corrected chi connectivity index (χ2v) is 7.38. The number of piperazine rings is 1. The van der Waals surface area contributed by atoms with E-state index in [2.05, 4.69) is 15.2 Å². The standard InChI is InChI=1S/C18H16N6O2S/c25-16(7-13-10-23-5-6-27-18(23)20-13)22-3-4-24(17(26)11-22)14-2-1-12-9-19-21-15(12)8-14/h1-2,5-6,8-10H,3-4,7,11H2,(H,19,21). The highest BCUT2D eigenvalue weighted by Crippen LogP contribution is 2.22. The van der Waals surface area contributed by atoms with Crippen molar-refractivity contribution >= 4 is 44.7 Å². The third kappa shape index (κ3) is 2.85. The number of fused-ring (bicyclic) bond motifs is 2. The highest BCUT2D eigenvalue weighted by Gasteiger charge is 2.28. The van der Waals surface area contributed by atoms with Crippen LogP contribution in [0.15, 0.2) is 42.2 Å². The molecule has 2 amide bonds. The zero-order chi connectivity index (χ0) is 18.4. The van der Waals surface area contributed by atoms with E-state index in [1.54, 1.807) is 16.0 Å². The van der Waals surface area contributed by atoms with Crippen LogP contribution < -0.4 is 4.90 Å². The van der Waals surface area contributed by atoms with Crippen LogP contribution in [0.25, 0.3) is 15.9 Å². The summed E-state index contributed by atoms with van der Waals surface area (Å²) in [5.74, 6) is -0.155. The van der Waals surface area contributed by atoms with E-state index in [-0.39, 0.29) is 24.8 Å². The molecule has 1 fully saturated rings. The molecule has 5 rings (SSSR count). The molecule has 0 saturated carbocycles. The quantitative estimate of drug-likeness (QED) is 0.586. The average molecular weight is 380 g/mol. The average Bonchev–Trinajstić information content (AvgIpc) is 3.36. The van der Waals surface area contributed by atoms with E-state index in [4.69, 9.17) is 0 Å². The lowest BCUT2D eigenvalue weighted by molar-refractivity contribution is -0.136. The van der Waals surface area contributed by atoms with Gasteiger partial charge in [0.25, 0.3) is 0 Å². The van der Waals surface area contributed by atoms with Gasteiger partial charge >= 0.3 is 0 Å². The molecule has 136 valence electrons. The largest absolute Gasteiger partial charge is 0.331 e. The molecule has 0 spiro atoms. The molecule has 0 unspecified atom stereocenters. The maximum Gasteiger partial charge on any atom is 0.246 e. The van der Waals surface area contributed by atoms with Crippen LogP contribution in [0.4, 0.5) is 5.69 Å². The van der Waals surface area contributed by atoms with Gasteiger partial charge in [-0.05, 0) is 18.2 Å². The maximum atomic E-state index is 12.6. The Morgan fingerprint density at radius 2 is 2.22 bits per heavy atom. The fourth-order valence-electron chi connectivity index (χ4n) is 3.38. The predicted octanol–water partition coefficient (Wildman–Crippen LogP) is 1.69. The molecule has 0 bridgehead atoms. The van der Waals surface area contributed by atoms with Crippen LogP contribution >= 0.6 is 11.3 Å². The van der Waals surface area contributed by atoms with Gasteiger partial charge in [-0.15, -0.1) is 11.3 Å². The summed E-state index contributed by atoms with van der Waals surface area (Å²) < 4.78 is 1.90. The molecule has 1 aliphatic rings. The molecule has 4 heterocycles. The number of aromatic nitrogens is 4. The van der Waals surface area contributed by atoms with Crippen LogP contribution in [-0.2, 0) is 16.0 Å². The first-order valence-electron chi connectivity index (χ1n) is 8.60. The van der Waals surface area contributed by atoms with Gasteiger partial charge in [0.05, 0.1) is 23.8 Å². The van der Waals surface area contributed by atoms with Crippen molar-refractivity contribution < 1.29 is 9.59 Å². The number of hydrogen-bond acceptors (Lipinski definition) is 5. The number of aromatic amines is 1. The van der Waals surface area contributed by atoms with Crippen molar-refractivity contribution in [2.24, 2.45) is 0 Å². The molecular weight excluding hydrogens is 364 g/mol. The number of rotatable bonds is 3. The van der Waals surface area contributed by atoms with E-state index in [0.29, 0.717) is 13.1 Å². The maximum absolute atomic E-state index is 12.6. The molecule has 8 nitrogen and oxygen atoms in total. The van der Waals surface area contributed by atoms with Gasteiger partial charge < -0.3 is 9.80 Å². The minimum Gasteiger partial charge on any atom is -0.331 e. The summed E-state index contributed by atoms with van der Waals surface area (Å²) in [6, 6.07) is 5.75. The summed E-state index contributed by atoms with van der Waals surface area (Å²) >= 11 is 1.53. The summed E-state index contributed by atoms with van der Waals surface area (Å²) in [6.45, 7) is 1.07. The Morgan fingerprint density at radius 1 is 1.30 bits per heavy atom. The molecule has 9 heteroatoms. The van der Waals surface area contributed by atoms with Crippen LogP contribution in [0.1, 0.15) is 5.69 Å². The lowest BCUT2D eigenvalue weighted by atomic mass is 10.2. The SMILES string of the molecule is O=C(Cc1cn2ccsc2n1)N1CCN(c2ccc3cn[nH]c3c2)C(=O)C1. The summed E-state index contributed by atoms with van der Waals surface area (Å²) in [5.41, 5.74) is 2.43. The molecular formula is C18H16N6O2S. The lowest BCUT2D eigenvalue weighted by Crippen LogP contribution is -2.52. The lowest BCUT2D eigenvalue weighted by Gasteiger charge is -2.34. The van der Waals surface area contributed by atoms with Crippen LogP contribution in [0, 0.1) is 0 Å². The van der Waals surface area contributed by atoms with Crippen LogP contribution in [-0.4, -0.2) is 55.9 Å². The fourth-order valence-corrected chi connectivity index (χ4v) is 4.10. The van der Waals surface area contributed by atoms with Gasteiger partial charge in [0.2, 0.25) is 11.8 Å². The Morgan fingerprint density at radius 3 is 3.07 bits per heavy atom. The van der Waals surface area contributed by atoms with Crippen molar-refractivity contribution in [1.82, 2.24) is 24.5 Å². The number of nitrogens with zero attached hydrogens (tertiary/aromatic N) is 5. The molecule has 1 aliphatic heterocycles. The van der Waals surface area contributed by atoms with E-state index in [1.165, 1.54) is 11.3 Å². The highest BCUT2D eigenvalue weighted by molar-refractivity contribution is 7.15. The molecule has 1 aromatic carbocycles. The van der Waals surface area contributed by atoms with Gasteiger partial charge in [-0.2, -0.15) is 5.10 Å². The summed E-state index contributed by atoms with van der Waals surface area (Å²) in [7, 11) is 0. The van der Waals surface area contributed by atoms with Crippen molar-refractivity contribution in [3.63, 3.8) is 0 Å². The summed E-state index contributed by atoms with van der Waals surface area (Å²) in [6.07, 6.45) is 5.74. The Hall–Kier alpha value is -3.20. The minimum absolute atomic E-state index is 0.0715. The molecule has 0 aliphatic carbocycles. The molecule has 1 N–H and O–H groups in total. The minimum atomic E-state index is -0.0840. The van der Waals surface area contributed by atoms with Crippen LogP contribution in [0.5, 0.6) is 0 Å². The first-order chi connectivity index (χ1) is 13.2. The highest BCUT2D eigenvalue weighted by atomic mass is 32.1. The van der Waals surface area contributed by atoms with Crippen molar-refractivity contribution in [2.45, 2.75) is 6.42 Å². The number of amides is 2. The second-order valence-electron chi connectivity index (χ2n) is 6.50. The number of carbonyl (C=O) groups excluding carboxylic acids is 2. The third-order valence-corrected chi connectivity index (χ3v) is 5.56. The number of nitrogens with one attached hydrogen (secondary N) is 1. The smallest absolute Gasteiger partial charge is 0.246 e. The first kappa shape index (κ1) is 16.0. The molecule has 1 saturated heterocycles. The van der Waals surface area contributed by atoms with Gasteiger partial charge in [-0.1, -0.05) is 0 Å². The Balaban J connectivity index is 1.28. The summed E-state index contributed by atoms with van der Waals surface area (Å²) in [4.78, 5) is 33.9. The predicted molar refractivity (Wildman–Crippen MR) is 102 cm³/mol. The van der Waals surface area contributed by atoms with E-state index in [9.17, 15) is 9.59 Å². The number of thiazole rings is 1. The van der Waals surface area contributed by atoms with Gasteiger partial charge in [0.15, 0.2) is 4.96 Å². The van der Waals surface area contributed by atoms with E-state index < -0.39 is 0 Å². The van der Waals surface area contributed by atoms with Gasteiger partial charge in [0, 0.05) is 41.9 Å². The van der Waals surface area contributed by atoms with Crippen molar-refractivity contribution in [3.8, 4) is 0 Å². The fraction of sp³-hybridized carbons (Fsp3) is 0.222. The zero-order valence-corrected chi connectivity index (χ0v) is 15.1. The number of imidazole rings is 1. The monoisotopic (exact) mass is 380 g/mol. The number of anilines is 1. The Labute approximate surface area is 158 Å². The molecule has 27 heavy (non-hydrogen) atoms. The van der Waals surface area contributed by atoms with Crippen molar-refractivity contribution in [3.05, 3.63) is 47.9 Å². The second kappa shape index (κ2) is 6.20. The van der Waals surface area contributed by atoms with Gasteiger partial charge in [0.1, 0.15) is 6.54 Å². The van der Waals surface area contributed by atoms with Crippen molar-refractivity contribution in [1.29, 1.82) is 0 Å². The molecule has 0 atom stereocenters. The Kier molecular flexibility index (Phi) is 3.68. The first-order valence-corrected chi connectivity index (χ1v) is 9.48. The zero-order valence-electron chi connectivity index (χ0n) is 14.3. The topological polar surface area (TPSA) is 86.6 Å². The number of hydrogen-bond donors (Lipinski definition) is 1. The van der Waals surface area contributed by atoms with Gasteiger partial charge in [-0.25, -0.2) is 4.98 Å². The molecule has 4 aromatic rings. The van der Waals surface area contributed by atoms with Crippen LogP contribution in [0.3, 0.4) is 0 Å². The van der Waals surface area contributed by atoms with Gasteiger partial charge in [-0.3, -0.25) is 19.1 Å². The third-order valence-electron chi connectivity index (χ3n) is 4.79.